The predicted octanol–water partition coefficient (Wildman–Crippen LogP) is 3.99. The van der Waals surface area contributed by atoms with Crippen molar-refractivity contribution in [2.45, 2.75) is 39.7 Å². The van der Waals surface area contributed by atoms with Gasteiger partial charge in [0, 0.05) is 0 Å². The van der Waals surface area contributed by atoms with Gasteiger partial charge in [-0.1, -0.05) is 33.6 Å². The molecule has 0 spiro atoms. The molecule has 0 aromatic heterocycles. The van der Waals surface area contributed by atoms with Crippen LogP contribution in [0.5, 0.6) is 0 Å². The van der Waals surface area contributed by atoms with Crippen LogP contribution >= 0.6 is 9.69 Å². The molecule has 1 rings (SSSR count). The van der Waals surface area contributed by atoms with Crippen molar-refractivity contribution in [1.29, 1.82) is 0 Å². The topological polar surface area (TPSA) is 49.8 Å². The molecule has 3 N–H and O–H groups in total. The number of halogens is 1. The summed E-state index contributed by atoms with van der Waals surface area (Å²) in [5.74, 6) is 0.622. The normalized spacial score (nSPS) is 10.8. The Hall–Kier alpha value is 0.0534. The molecule has 0 aliphatic heterocycles. The van der Waals surface area contributed by atoms with E-state index in [1.165, 1.54) is 11.1 Å². The van der Waals surface area contributed by atoms with Gasteiger partial charge < -0.3 is 11.5 Å². The van der Waals surface area contributed by atoms with E-state index in [1.54, 1.807) is 0 Å². The molecule has 2 nitrogen and oxygen atoms in total. The summed E-state index contributed by atoms with van der Waals surface area (Å²) in [5, 5.41) is 0. The Morgan fingerprint density at radius 3 is 2.06 bits per heavy atom. The molecule has 1 atom stereocenters. The average Bonchev–Trinajstić information content (AvgIpc) is 2.33. The molecule has 0 heterocycles. The monoisotopic (exact) mass is 343 g/mol. The number of benzene rings is 1. The Bertz CT molecular complexity index is 261. The molecule has 17 heavy (non-hydrogen) atoms. The molecule has 1 aromatic carbocycles. The maximum absolute atomic E-state index is 6.53. The third-order valence-electron chi connectivity index (χ3n) is 1.98. The van der Waals surface area contributed by atoms with Gasteiger partial charge in [-0.25, -0.2) is 0 Å². The molecule has 0 saturated carbocycles. The summed E-state index contributed by atoms with van der Waals surface area (Å²) in [4.78, 5) is 0. The van der Waals surface area contributed by atoms with Gasteiger partial charge in [-0.05, 0) is 6.04 Å². The predicted molar refractivity (Wildman–Crippen MR) is 72.8 cm³/mol. The van der Waals surface area contributed by atoms with E-state index in [0.29, 0.717) is 12.5 Å². The first-order valence-corrected chi connectivity index (χ1v) is 7.73. The van der Waals surface area contributed by atoms with E-state index >= 15 is 0 Å². The number of nitrogens with one attached hydrogen (secondary N) is 1. The van der Waals surface area contributed by atoms with Crippen molar-refractivity contribution < 1.29 is 17.3 Å². The second-order valence-corrected chi connectivity index (χ2v) is 4.14. The van der Waals surface area contributed by atoms with Crippen LogP contribution in [0.4, 0.5) is 0 Å². The molecule has 99 valence electrons. The molecule has 0 fully saturated rings. The third-order valence-corrected chi connectivity index (χ3v) is 1.98. The van der Waals surface area contributed by atoms with E-state index in [4.69, 9.17) is 11.5 Å². The van der Waals surface area contributed by atoms with Crippen LogP contribution in [0.2, 0.25) is 0 Å². The molecule has 1 unspecified atom stereocenters. The van der Waals surface area contributed by atoms with Crippen molar-refractivity contribution in [3.8, 4) is 0 Å². The van der Waals surface area contributed by atoms with E-state index in [9.17, 15) is 0 Å². The molecule has 0 saturated heterocycles. The summed E-state index contributed by atoms with van der Waals surface area (Å²) in [7, 11) is 4.57. The Kier molecular flexibility index (Phi) is 14.3. The fraction of sp³-hybridized carbons (Fsp3) is 0.538. The summed E-state index contributed by atoms with van der Waals surface area (Å²) in [6, 6.07) is 9.57. The zero-order chi connectivity index (χ0) is 13.8. The summed E-state index contributed by atoms with van der Waals surface area (Å²) in [6.07, 6.45) is 0. The molecule has 4 heteroatoms. The number of hydrogen-bond donors (Lipinski definition) is 1. The molecule has 0 aliphatic carbocycles. The third kappa shape index (κ3) is 12.3. The van der Waals surface area contributed by atoms with E-state index in [2.05, 4.69) is 54.7 Å². The zero-order valence-electron chi connectivity index (χ0n) is 10.9. The molecule has 0 bridgehead atoms. The van der Waals surface area contributed by atoms with Crippen LogP contribution in [-0.2, 0) is 17.3 Å². The summed E-state index contributed by atoms with van der Waals surface area (Å²) < 4.78 is 0. The number of aryl methyl sites for hydroxylation is 1. The van der Waals surface area contributed by atoms with E-state index in [-0.39, 0.29) is 6.04 Å². The molecule has 0 amide bonds. The molecular formula is C13H22ClN2Ru. The zero-order valence-corrected chi connectivity index (χ0v) is 13.4. The van der Waals surface area contributed by atoms with Crippen LogP contribution < -0.4 is 5.73 Å². The van der Waals surface area contributed by atoms with Crippen molar-refractivity contribution in [3.63, 3.8) is 0 Å². The quantitative estimate of drug-likeness (QED) is 0.641. The van der Waals surface area contributed by atoms with Crippen molar-refractivity contribution >= 4 is 9.69 Å². The fourth-order valence-corrected chi connectivity index (χ4v) is 0.874. The molecule has 0 radical (unpaired) electrons. The van der Waals surface area contributed by atoms with Crippen LogP contribution in [0.15, 0.2) is 18.2 Å². The van der Waals surface area contributed by atoms with Gasteiger partial charge >= 0.3 is 27.0 Å². The molecular weight excluding hydrogens is 321 g/mol. The van der Waals surface area contributed by atoms with E-state index in [1.807, 2.05) is 24.2 Å². The van der Waals surface area contributed by atoms with Crippen LogP contribution in [-0.4, -0.2) is 12.6 Å². The SMILES string of the molecule is CC(N)C[NH-].Cc1[c-]cc(C(C)C)cc1.[Cl][Ru+2]. The fourth-order valence-electron chi connectivity index (χ4n) is 0.874. The van der Waals surface area contributed by atoms with Crippen LogP contribution in [0.25, 0.3) is 5.73 Å². The van der Waals surface area contributed by atoms with Crippen LogP contribution in [0.3, 0.4) is 0 Å². The maximum atomic E-state index is 6.53. The van der Waals surface area contributed by atoms with Crippen LogP contribution in [0, 0.1) is 13.0 Å². The van der Waals surface area contributed by atoms with E-state index in [0.717, 1.165) is 0 Å². The first-order valence-electron chi connectivity index (χ1n) is 5.49. The van der Waals surface area contributed by atoms with Gasteiger partial charge in [-0.15, -0.1) is 6.54 Å². The molecule has 1 aromatic rings. The van der Waals surface area contributed by atoms with Gasteiger partial charge in [0.1, 0.15) is 0 Å². The number of nitrogens with two attached hydrogens (primary N) is 1. The summed E-state index contributed by atoms with van der Waals surface area (Å²) in [5.41, 5.74) is 14.2. The van der Waals surface area contributed by atoms with E-state index < -0.39 is 0 Å². The van der Waals surface area contributed by atoms with Crippen molar-refractivity contribution in [2.24, 2.45) is 5.73 Å². The summed E-state index contributed by atoms with van der Waals surface area (Å²) >= 11 is 1.82. The second-order valence-electron chi connectivity index (χ2n) is 4.14. The number of rotatable bonds is 2. The van der Waals surface area contributed by atoms with Gasteiger partial charge in [0.25, 0.3) is 0 Å². The van der Waals surface area contributed by atoms with Gasteiger partial charge in [0.15, 0.2) is 0 Å². The Morgan fingerprint density at radius 2 is 1.82 bits per heavy atom. The average molecular weight is 343 g/mol. The standard InChI is InChI=1S/C10H13.C3H9N2.ClH.Ru/c1-8(2)10-6-4-9(3)5-7-10;1-3(5)2-4;;/h4,6-8H,1-3H3;3-4H,2,5H2,1H3;1H;/q2*-1;;+3/p-1. The van der Waals surface area contributed by atoms with Gasteiger partial charge in [-0.2, -0.15) is 35.4 Å². The Morgan fingerprint density at radius 1 is 1.35 bits per heavy atom. The summed E-state index contributed by atoms with van der Waals surface area (Å²) in [6.45, 7) is 8.59. The second kappa shape index (κ2) is 12.5. The Labute approximate surface area is 120 Å². The van der Waals surface area contributed by atoms with Gasteiger partial charge in [-0.3, -0.25) is 0 Å². The van der Waals surface area contributed by atoms with Gasteiger partial charge in [0.05, 0.1) is 0 Å². The van der Waals surface area contributed by atoms with Crippen LogP contribution in [0.1, 0.15) is 37.8 Å². The first-order chi connectivity index (χ1) is 7.97. The minimum absolute atomic E-state index is 0.0509. The van der Waals surface area contributed by atoms with Gasteiger partial charge in [0.2, 0.25) is 0 Å². The Balaban J connectivity index is 0. The number of hydrogen-bond acceptors (Lipinski definition) is 1. The molecule has 0 aliphatic rings. The minimum atomic E-state index is 0.0509. The van der Waals surface area contributed by atoms with Crippen molar-refractivity contribution in [2.75, 3.05) is 6.54 Å². The first kappa shape index (κ1) is 19.4. The van der Waals surface area contributed by atoms with Crippen molar-refractivity contribution in [3.05, 3.63) is 41.1 Å². The van der Waals surface area contributed by atoms with Crippen molar-refractivity contribution in [1.82, 2.24) is 0 Å².